The zero-order chi connectivity index (χ0) is 17.8. The SMILES string of the molecule is Cc1ccc(C(=O)c2ccc(NC(=O)c3cccc(F)c3)cc2)cc1. The number of rotatable bonds is 4. The fourth-order valence-corrected chi connectivity index (χ4v) is 2.41. The third kappa shape index (κ3) is 3.98. The lowest BCUT2D eigenvalue weighted by Crippen LogP contribution is -2.12. The number of nitrogens with one attached hydrogen (secondary N) is 1. The van der Waals surface area contributed by atoms with Crippen LogP contribution in [-0.2, 0) is 0 Å². The van der Waals surface area contributed by atoms with E-state index in [1.807, 2.05) is 19.1 Å². The Morgan fingerprint density at radius 3 is 2.00 bits per heavy atom. The molecule has 1 amide bonds. The van der Waals surface area contributed by atoms with Crippen LogP contribution >= 0.6 is 0 Å². The van der Waals surface area contributed by atoms with Crippen LogP contribution in [0, 0.1) is 12.7 Å². The minimum Gasteiger partial charge on any atom is -0.322 e. The second-order valence-corrected chi connectivity index (χ2v) is 5.74. The van der Waals surface area contributed by atoms with E-state index in [1.54, 1.807) is 36.4 Å². The molecule has 124 valence electrons. The van der Waals surface area contributed by atoms with Gasteiger partial charge < -0.3 is 5.32 Å². The molecule has 0 bridgehead atoms. The van der Waals surface area contributed by atoms with Crippen molar-refractivity contribution in [2.24, 2.45) is 0 Å². The Hall–Kier alpha value is -3.27. The van der Waals surface area contributed by atoms with Crippen molar-refractivity contribution in [1.82, 2.24) is 0 Å². The summed E-state index contributed by atoms with van der Waals surface area (Å²) >= 11 is 0. The number of anilines is 1. The van der Waals surface area contributed by atoms with Gasteiger partial charge in [-0.1, -0.05) is 35.9 Å². The molecule has 3 nitrogen and oxygen atoms in total. The van der Waals surface area contributed by atoms with Crippen molar-refractivity contribution >= 4 is 17.4 Å². The van der Waals surface area contributed by atoms with Crippen molar-refractivity contribution in [3.05, 3.63) is 101 Å². The Kier molecular flexibility index (Phi) is 4.70. The normalized spacial score (nSPS) is 10.3. The summed E-state index contributed by atoms with van der Waals surface area (Å²) in [5.74, 6) is -0.952. The maximum absolute atomic E-state index is 13.2. The Balaban J connectivity index is 1.73. The van der Waals surface area contributed by atoms with Crippen LogP contribution in [0.4, 0.5) is 10.1 Å². The number of aryl methyl sites for hydroxylation is 1. The molecule has 0 spiro atoms. The molecule has 0 radical (unpaired) electrons. The molecule has 0 heterocycles. The van der Waals surface area contributed by atoms with Crippen molar-refractivity contribution < 1.29 is 14.0 Å². The van der Waals surface area contributed by atoms with Crippen molar-refractivity contribution in [3.8, 4) is 0 Å². The first kappa shape index (κ1) is 16.6. The number of carbonyl (C=O) groups is 2. The van der Waals surface area contributed by atoms with Gasteiger partial charge >= 0.3 is 0 Å². The maximum Gasteiger partial charge on any atom is 0.255 e. The topological polar surface area (TPSA) is 46.2 Å². The van der Waals surface area contributed by atoms with Crippen LogP contribution in [0.1, 0.15) is 31.8 Å². The van der Waals surface area contributed by atoms with Crippen LogP contribution in [0.15, 0.2) is 72.8 Å². The van der Waals surface area contributed by atoms with Crippen LogP contribution in [0.3, 0.4) is 0 Å². The molecule has 3 aromatic carbocycles. The molecule has 0 aliphatic heterocycles. The standard InChI is InChI=1S/C21H16FNO2/c1-14-5-7-15(8-6-14)20(24)16-9-11-19(12-10-16)23-21(25)17-3-2-4-18(22)13-17/h2-13H,1H3,(H,23,25). The monoisotopic (exact) mass is 333 g/mol. The number of benzene rings is 3. The van der Waals surface area contributed by atoms with Gasteiger partial charge in [0.25, 0.3) is 5.91 Å². The first-order chi connectivity index (χ1) is 12.0. The fraction of sp³-hybridized carbons (Fsp3) is 0.0476. The summed E-state index contributed by atoms with van der Waals surface area (Å²) in [7, 11) is 0. The number of carbonyl (C=O) groups excluding carboxylic acids is 2. The number of halogens is 1. The maximum atomic E-state index is 13.2. The predicted octanol–water partition coefficient (Wildman–Crippen LogP) is 4.62. The van der Waals surface area contributed by atoms with Gasteiger partial charge in [0.05, 0.1) is 0 Å². The van der Waals surface area contributed by atoms with Crippen LogP contribution in [0.5, 0.6) is 0 Å². The number of amides is 1. The molecular weight excluding hydrogens is 317 g/mol. The molecule has 1 N–H and O–H groups in total. The summed E-state index contributed by atoms with van der Waals surface area (Å²) < 4.78 is 13.2. The average molecular weight is 333 g/mol. The predicted molar refractivity (Wildman–Crippen MR) is 95.4 cm³/mol. The van der Waals surface area contributed by atoms with Crippen LogP contribution in [0.25, 0.3) is 0 Å². The van der Waals surface area contributed by atoms with Gasteiger partial charge in [0.1, 0.15) is 5.82 Å². The molecule has 0 aliphatic rings. The Morgan fingerprint density at radius 1 is 0.800 bits per heavy atom. The van der Waals surface area contributed by atoms with Crippen molar-refractivity contribution in [3.63, 3.8) is 0 Å². The summed E-state index contributed by atoms with van der Waals surface area (Å²) in [5.41, 5.74) is 3.01. The highest BCUT2D eigenvalue weighted by Crippen LogP contribution is 2.15. The molecule has 3 aromatic rings. The molecule has 0 saturated carbocycles. The third-order valence-corrected chi connectivity index (χ3v) is 3.81. The largest absolute Gasteiger partial charge is 0.322 e. The Morgan fingerprint density at radius 2 is 1.40 bits per heavy atom. The molecule has 0 aliphatic carbocycles. The van der Waals surface area contributed by atoms with Gasteiger partial charge in [-0.05, 0) is 49.4 Å². The summed E-state index contributed by atoms with van der Waals surface area (Å²) in [6.07, 6.45) is 0. The van der Waals surface area contributed by atoms with E-state index >= 15 is 0 Å². The molecule has 4 heteroatoms. The highest BCUT2D eigenvalue weighted by Gasteiger charge is 2.10. The Bertz CT molecular complexity index is 915. The van der Waals surface area contributed by atoms with Crippen molar-refractivity contribution in [1.29, 1.82) is 0 Å². The van der Waals surface area contributed by atoms with E-state index in [-0.39, 0.29) is 11.3 Å². The van der Waals surface area contributed by atoms with Gasteiger partial charge in [-0.3, -0.25) is 9.59 Å². The molecule has 3 rings (SSSR count). The smallest absolute Gasteiger partial charge is 0.255 e. The first-order valence-electron chi connectivity index (χ1n) is 7.81. The van der Waals surface area contributed by atoms with Gasteiger partial charge in [-0.25, -0.2) is 4.39 Å². The molecule has 0 fully saturated rings. The van der Waals surface area contributed by atoms with Crippen molar-refractivity contribution in [2.75, 3.05) is 5.32 Å². The summed E-state index contributed by atoms with van der Waals surface area (Å²) in [6, 6.07) is 19.4. The van der Waals surface area contributed by atoms with E-state index in [9.17, 15) is 14.0 Å². The summed E-state index contributed by atoms with van der Waals surface area (Å²) in [4.78, 5) is 24.5. The highest BCUT2D eigenvalue weighted by molar-refractivity contribution is 6.09. The highest BCUT2D eigenvalue weighted by atomic mass is 19.1. The lowest BCUT2D eigenvalue weighted by Gasteiger charge is -2.07. The molecule has 0 atom stereocenters. The van der Waals surface area contributed by atoms with Crippen LogP contribution < -0.4 is 5.32 Å². The second-order valence-electron chi connectivity index (χ2n) is 5.74. The van der Waals surface area contributed by atoms with Gasteiger partial charge in [0.2, 0.25) is 0 Å². The van der Waals surface area contributed by atoms with Crippen LogP contribution in [0.2, 0.25) is 0 Å². The van der Waals surface area contributed by atoms with Gasteiger partial charge in [-0.2, -0.15) is 0 Å². The molecule has 0 aromatic heterocycles. The minimum atomic E-state index is -0.466. The zero-order valence-corrected chi connectivity index (χ0v) is 13.6. The quantitative estimate of drug-likeness (QED) is 0.708. The summed E-state index contributed by atoms with van der Waals surface area (Å²) in [5, 5.41) is 2.68. The average Bonchev–Trinajstić information content (AvgIpc) is 2.62. The van der Waals surface area contributed by atoms with E-state index in [4.69, 9.17) is 0 Å². The lowest BCUT2D eigenvalue weighted by atomic mass is 10.0. The summed E-state index contributed by atoms with van der Waals surface area (Å²) in [6.45, 7) is 1.96. The minimum absolute atomic E-state index is 0.0805. The number of hydrogen-bond acceptors (Lipinski definition) is 2. The fourth-order valence-electron chi connectivity index (χ4n) is 2.41. The molecule has 0 unspecified atom stereocenters. The van der Waals surface area contributed by atoms with E-state index in [0.717, 1.165) is 5.56 Å². The van der Waals surface area contributed by atoms with Gasteiger partial charge in [0, 0.05) is 22.4 Å². The van der Waals surface area contributed by atoms with Gasteiger partial charge in [0.15, 0.2) is 5.78 Å². The van der Waals surface area contributed by atoms with Gasteiger partial charge in [-0.15, -0.1) is 0 Å². The lowest BCUT2D eigenvalue weighted by molar-refractivity contribution is 0.102. The van der Waals surface area contributed by atoms with E-state index in [1.165, 1.54) is 24.3 Å². The molecule has 25 heavy (non-hydrogen) atoms. The first-order valence-corrected chi connectivity index (χ1v) is 7.81. The van der Waals surface area contributed by atoms with E-state index < -0.39 is 11.7 Å². The van der Waals surface area contributed by atoms with E-state index in [0.29, 0.717) is 16.8 Å². The zero-order valence-electron chi connectivity index (χ0n) is 13.6. The van der Waals surface area contributed by atoms with E-state index in [2.05, 4.69) is 5.32 Å². The molecular formula is C21H16FNO2. The second kappa shape index (κ2) is 7.09. The number of hydrogen-bond donors (Lipinski definition) is 1. The van der Waals surface area contributed by atoms with Crippen molar-refractivity contribution in [2.45, 2.75) is 6.92 Å². The molecule has 0 saturated heterocycles. The Labute approximate surface area is 145 Å². The number of ketones is 1. The van der Waals surface area contributed by atoms with Crippen LogP contribution in [-0.4, -0.2) is 11.7 Å². The third-order valence-electron chi connectivity index (χ3n) is 3.81.